The first kappa shape index (κ1) is 11.0. The zero-order chi connectivity index (χ0) is 11.5. The van der Waals surface area contributed by atoms with Gasteiger partial charge in [-0.2, -0.15) is 0 Å². The molecule has 0 saturated carbocycles. The Balaban J connectivity index is 2.62. The molecule has 0 atom stereocenters. The van der Waals surface area contributed by atoms with Gasteiger partial charge in [0, 0.05) is 16.4 Å². The summed E-state index contributed by atoms with van der Waals surface area (Å²) in [6, 6.07) is 5.92. The molecule has 1 heterocycles. The monoisotopic (exact) mass is 277 g/mol. The van der Waals surface area contributed by atoms with Gasteiger partial charge in [0.1, 0.15) is 0 Å². The van der Waals surface area contributed by atoms with Crippen LogP contribution in [0.15, 0.2) is 41.5 Å². The van der Waals surface area contributed by atoms with Crippen molar-refractivity contribution in [3.05, 3.63) is 41.5 Å². The molecule has 1 aromatic carbocycles. The number of nitrogens with two attached hydrogens (primary N) is 1. The number of benzene rings is 1. The molecule has 0 fully saturated rings. The second-order valence-corrected chi connectivity index (χ2v) is 4.34. The number of nitrogens with zero attached hydrogens (tertiary/aromatic N) is 1. The summed E-state index contributed by atoms with van der Waals surface area (Å²) in [7, 11) is 0. The molecule has 82 valence electrons. The third kappa shape index (κ3) is 2.02. The number of pyridine rings is 1. The summed E-state index contributed by atoms with van der Waals surface area (Å²) in [4.78, 5) is 4.28. The van der Waals surface area contributed by atoms with Crippen molar-refractivity contribution in [1.82, 2.24) is 4.98 Å². The highest BCUT2D eigenvalue weighted by Crippen LogP contribution is 2.29. The number of hydrogen-bond acceptors (Lipinski definition) is 3. The smallest absolute Gasteiger partial charge is 0.0743 e. The number of rotatable bonds is 3. The molecule has 2 rings (SSSR count). The van der Waals surface area contributed by atoms with Gasteiger partial charge in [0.25, 0.3) is 0 Å². The van der Waals surface area contributed by atoms with Gasteiger partial charge in [0.15, 0.2) is 0 Å². The fourth-order valence-electron chi connectivity index (χ4n) is 1.55. The average Bonchev–Trinajstić information content (AvgIpc) is 2.28. The van der Waals surface area contributed by atoms with E-state index in [1.165, 1.54) is 0 Å². The Hall–Kier alpha value is -1.55. The van der Waals surface area contributed by atoms with Crippen LogP contribution in [0.25, 0.3) is 10.9 Å². The normalized spacial score (nSPS) is 10.3. The summed E-state index contributed by atoms with van der Waals surface area (Å²) >= 11 is 3.44. The molecule has 0 aliphatic carbocycles. The van der Waals surface area contributed by atoms with Gasteiger partial charge in [-0.3, -0.25) is 4.98 Å². The minimum absolute atomic E-state index is 0.646. The van der Waals surface area contributed by atoms with Crippen LogP contribution in [0.4, 0.5) is 11.4 Å². The fourth-order valence-corrected chi connectivity index (χ4v) is 1.91. The summed E-state index contributed by atoms with van der Waals surface area (Å²) in [5.41, 5.74) is 8.38. The van der Waals surface area contributed by atoms with E-state index in [9.17, 15) is 0 Å². The maximum Gasteiger partial charge on any atom is 0.0743 e. The zero-order valence-corrected chi connectivity index (χ0v) is 10.3. The third-order valence-corrected chi connectivity index (χ3v) is 2.78. The van der Waals surface area contributed by atoms with Gasteiger partial charge >= 0.3 is 0 Å². The minimum atomic E-state index is 0.646. The predicted octanol–water partition coefficient (Wildman–Crippen LogP) is 3.18. The van der Waals surface area contributed by atoms with Crippen LogP contribution >= 0.6 is 15.9 Å². The van der Waals surface area contributed by atoms with E-state index in [0.717, 1.165) is 21.1 Å². The highest BCUT2D eigenvalue weighted by atomic mass is 79.9. The van der Waals surface area contributed by atoms with Crippen LogP contribution < -0.4 is 11.1 Å². The van der Waals surface area contributed by atoms with Crippen molar-refractivity contribution in [1.29, 1.82) is 0 Å². The number of nitrogens with one attached hydrogen (secondary N) is 1. The third-order valence-electron chi connectivity index (χ3n) is 2.28. The largest absolute Gasteiger partial charge is 0.396 e. The predicted molar refractivity (Wildman–Crippen MR) is 72.5 cm³/mol. The zero-order valence-electron chi connectivity index (χ0n) is 8.70. The van der Waals surface area contributed by atoms with E-state index in [-0.39, 0.29) is 0 Å². The summed E-state index contributed by atoms with van der Waals surface area (Å²) < 4.78 is 1.01. The van der Waals surface area contributed by atoms with Gasteiger partial charge in [0.2, 0.25) is 0 Å². The lowest BCUT2D eigenvalue weighted by atomic mass is 10.1. The Bertz CT molecular complexity index is 532. The minimum Gasteiger partial charge on any atom is -0.396 e. The lowest BCUT2D eigenvalue weighted by Crippen LogP contribution is -2.03. The first-order valence-corrected chi connectivity index (χ1v) is 5.70. The van der Waals surface area contributed by atoms with E-state index in [1.54, 1.807) is 12.3 Å². The molecule has 0 saturated heterocycles. The lowest BCUT2D eigenvalue weighted by molar-refractivity contribution is 1.33. The fraction of sp³-hybridized carbons (Fsp3) is 0.0833. The van der Waals surface area contributed by atoms with Crippen LogP contribution in [0.5, 0.6) is 0 Å². The number of aromatic nitrogens is 1. The van der Waals surface area contributed by atoms with E-state index in [4.69, 9.17) is 5.73 Å². The van der Waals surface area contributed by atoms with Gasteiger partial charge in [-0.1, -0.05) is 22.0 Å². The number of nitrogen functional groups attached to an aromatic ring is 1. The van der Waals surface area contributed by atoms with E-state index >= 15 is 0 Å². The molecule has 0 aliphatic heterocycles. The van der Waals surface area contributed by atoms with Crippen molar-refractivity contribution < 1.29 is 0 Å². The summed E-state index contributed by atoms with van der Waals surface area (Å²) in [6.07, 6.45) is 3.46. The summed E-state index contributed by atoms with van der Waals surface area (Å²) in [5.74, 6) is 0. The molecule has 3 nitrogen and oxygen atoms in total. The van der Waals surface area contributed by atoms with Crippen molar-refractivity contribution in [3.8, 4) is 0 Å². The van der Waals surface area contributed by atoms with Crippen molar-refractivity contribution in [2.24, 2.45) is 0 Å². The quantitative estimate of drug-likeness (QED) is 0.848. The molecular formula is C12H12BrN3. The summed E-state index contributed by atoms with van der Waals surface area (Å²) in [6.45, 7) is 4.35. The Labute approximate surface area is 102 Å². The number of hydrogen-bond donors (Lipinski definition) is 2. The van der Waals surface area contributed by atoms with Gasteiger partial charge in [-0.25, -0.2) is 0 Å². The molecule has 0 amide bonds. The highest BCUT2D eigenvalue weighted by Gasteiger charge is 2.05. The van der Waals surface area contributed by atoms with Crippen LogP contribution in [0.2, 0.25) is 0 Å². The molecule has 0 aliphatic rings. The molecule has 0 bridgehead atoms. The molecule has 16 heavy (non-hydrogen) atoms. The van der Waals surface area contributed by atoms with Crippen molar-refractivity contribution in [2.45, 2.75) is 0 Å². The Morgan fingerprint density at radius 3 is 3.06 bits per heavy atom. The Morgan fingerprint density at radius 1 is 1.50 bits per heavy atom. The highest BCUT2D eigenvalue weighted by molar-refractivity contribution is 9.10. The number of anilines is 2. The molecule has 0 radical (unpaired) electrons. The van der Waals surface area contributed by atoms with Gasteiger partial charge < -0.3 is 11.1 Å². The molecule has 2 aromatic rings. The first-order valence-electron chi connectivity index (χ1n) is 4.91. The second-order valence-electron chi connectivity index (χ2n) is 3.42. The molecule has 0 spiro atoms. The standard InChI is InChI=1S/C12H12BrN3/c1-2-5-15-12-9-6-8(13)3-4-11(9)16-7-10(12)14/h2-4,6-7H,1,5,14H2,(H,15,16). The van der Waals surface area contributed by atoms with Gasteiger partial charge in [-0.15, -0.1) is 6.58 Å². The molecule has 1 aromatic heterocycles. The number of fused-ring (bicyclic) bond motifs is 1. The second kappa shape index (κ2) is 4.53. The first-order chi connectivity index (χ1) is 7.72. The van der Waals surface area contributed by atoms with Crippen LogP contribution in [-0.4, -0.2) is 11.5 Å². The van der Waals surface area contributed by atoms with E-state index in [0.29, 0.717) is 12.2 Å². The van der Waals surface area contributed by atoms with Crippen molar-refractivity contribution in [2.75, 3.05) is 17.6 Å². The average molecular weight is 278 g/mol. The van der Waals surface area contributed by atoms with Crippen LogP contribution in [0.3, 0.4) is 0 Å². The summed E-state index contributed by atoms with van der Waals surface area (Å²) in [5, 5.41) is 4.24. The van der Waals surface area contributed by atoms with E-state index in [2.05, 4.69) is 32.8 Å². The van der Waals surface area contributed by atoms with Crippen molar-refractivity contribution >= 4 is 38.2 Å². The van der Waals surface area contributed by atoms with Crippen molar-refractivity contribution in [3.63, 3.8) is 0 Å². The van der Waals surface area contributed by atoms with Crippen LogP contribution in [0.1, 0.15) is 0 Å². The molecular weight excluding hydrogens is 266 g/mol. The molecule has 0 unspecified atom stereocenters. The van der Waals surface area contributed by atoms with Crippen LogP contribution in [-0.2, 0) is 0 Å². The molecule has 4 heteroatoms. The lowest BCUT2D eigenvalue weighted by Gasteiger charge is -2.10. The SMILES string of the molecule is C=CCNc1c(N)cnc2ccc(Br)cc12. The topological polar surface area (TPSA) is 50.9 Å². The Kier molecular flexibility index (Phi) is 3.10. The maximum atomic E-state index is 5.90. The van der Waals surface area contributed by atoms with E-state index < -0.39 is 0 Å². The maximum absolute atomic E-state index is 5.90. The number of halogens is 1. The Morgan fingerprint density at radius 2 is 2.31 bits per heavy atom. The van der Waals surface area contributed by atoms with Gasteiger partial charge in [0.05, 0.1) is 23.1 Å². The van der Waals surface area contributed by atoms with Crippen LogP contribution in [0, 0.1) is 0 Å². The molecule has 3 N–H and O–H groups in total. The van der Waals surface area contributed by atoms with Gasteiger partial charge in [-0.05, 0) is 18.2 Å². The van der Waals surface area contributed by atoms with E-state index in [1.807, 2.05) is 18.2 Å².